The minimum atomic E-state index is -1.25. The van der Waals surface area contributed by atoms with Gasteiger partial charge in [-0.1, -0.05) is 52.0 Å². The van der Waals surface area contributed by atoms with E-state index in [1.165, 1.54) is 5.57 Å². The van der Waals surface area contributed by atoms with Gasteiger partial charge in [0.05, 0.1) is 0 Å². The number of rotatable bonds is 3. The van der Waals surface area contributed by atoms with Crippen LogP contribution < -0.4 is 0 Å². The lowest BCUT2D eigenvalue weighted by Gasteiger charge is -2.06. The first-order valence-electron chi connectivity index (χ1n) is 4.19. The van der Waals surface area contributed by atoms with Crippen molar-refractivity contribution in [3.63, 3.8) is 0 Å². The molecule has 0 heterocycles. The van der Waals surface area contributed by atoms with Gasteiger partial charge < -0.3 is 0 Å². The van der Waals surface area contributed by atoms with E-state index >= 15 is 0 Å². The predicted molar refractivity (Wildman–Crippen MR) is 74.0 cm³/mol. The zero-order valence-corrected chi connectivity index (χ0v) is 10.5. The minimum absolute atomic E-state index is 0. The molecule has 0 atom stereocenters. The third-order valence-corrected chi connectivity index (χ3v) is 1.83. The Morgan fingerprint density at radius 2 is 1.64 bits per heavy atom. The van der Waals surface area contributed by atoms with E-state index < -0.39 is 3.79 Å². The fraction of sp³-hybridized carbons (Fsp3) is 0.600. The first-order valence-corrected chi connectivity index (χ1v) is 5.33. The smallest absolute Gasteiger partial charge is 0.0856 e. The Morgan fingerprint density at radius 1 is 1.14 bits per heavy atom. The van der Waals surface area contributed by atoms with Crippen molar-refractivity contribution in [2.75, 3.05) is 0 Å². The molecular weight excluding hydrogens is 255 g/mol. The maximum Gasteiger partial charge on any atom is 0.209 e. The van der Waals surface area contributed by atoms with E-state index in [4.69, 9.17) is 34.8 Å². The van der Waals surface area contributed by atoms with E-state index in [-0.39, 0.29) is 11.0 Å². The lowest BCUT2D eigenvalue weighted by Crippen LogP contribution is -1.96. The molecule has 0 aromatic rings. The molecule has 0 saturated heterocycles. The Balaban J connectivity index is 0. The predicted octanol–water partition coefficient (Wildman–Crippen LogP) is 3.60. The second-order valence-electron chi connectivity index (χ2n) is 3.35. The highest BCUT2D eigenvalue weighted by molar-refractivity contribution is 6.68. The van der Waals surface area contributed by atoms with Crippen molar-refractivity contribution in [3.05, 3.63) is 23.3 Å². The molecule has 0 radical (unpaired) electrons. The quantitative estimate of drug-likeness (QED) is 0.419. The van der Waals surface area contributed by atoms with Gasteiger partial charge in [-0.3, -0.25) is 0 Å². The number of allylic oxidation sites excluding steroid dienone is 4. The summed E-state index contributed by atoms with van der Waals surface area (Å²) >= 11 is 16.8. The molecule has 0 aliphatic rings. The Hall–Kier alpha value is 0.567. The second-order valence-corrected chi connectivity index (χ2v) is 5.72. The van der Waals surface area contributed by atoms with Gasteiger partial charge in [0.25, 0.3) is 0 Å². The minimum Gasteiger partial charge on any atom is -0.0856 e. The summed E-state index contributed by atoms with van der Waals surface area (Å²) in [5.41, 5.74) is 2.43. The molecule has 0 aromatic carbocycles. The monoisotopic (exact) mass is 272 g/mol. The van der Waals surface area contributed by atoms with Crippen molar-refractivity contribution >= 4 is 45.8 Å². The largest absolute Gasteiger partial charge is 0.209 e. The average Bonchev–Trinajstić information content (AvgIpc) is 1.81. The van der Waals surface area contributed by atoms with Gasteiger partial charge in [0.15, 0.2) is 0 Å². The average molecular weight is 274 g/mol. The number of halogens is 3. The highest BCUT2D eigenvalue weighted by Gasteiger charge is 2.14. The number of hydrogen-bond donors (Lipinski definition) is 0. The van der Waals surface area contributed by atoms with Crippen molar-refractivity contribution in [2.24, 2.45) is 0 Å². The SMILES string of the molecule is CC(C)=CCC/C(C)=C/C(Cl)(Cl)Cl.[SiH4]. The van der Waals surface area contributed by atoms with E-state index in [9.17, 15) is 0 Å². The summed E-state index contributed by atoms with van der Waals surface area (Å²) in [4.78, 5) is 0. The molecular formula is C10H19Cl3Si. The molecule has 0 aliphatic heterocycles. The van der Waals surface area contributed by atoms with Gasteiger partial charge in [0, 0.05) is 0 Å². The van der Waals surface area contributed by atoms with E-state index in [0.29, 0.717) is 0 Å². The van der Waals surface area contributed by atoms with Gasteiger partial charge in [-0.25, -0.2) is 0 Å². The molecule has 0 aromatic heterocycles. The van der Waals surface area contributed by atoms with Crippen LogP contribution in [0.1, 0.15) is 33.6 Å². The summed E-state index contributed by atoms with van der Waals surface area (Å²) in [5, 5.41) is 0. The molecule has 0 spiro atoms. The van der Waals surface area contributed by atoms with Crippen LogP contribution in [0.4, 0.5) is 0 Å². The lowest BCUT2D eigenvalue weighted by molar-refractivity contribution is 0.959. The van der Waals surface area contributed by atoms with Gasteiger partial charge in [-0.15, -0.1) is 0 Å². The van der Waals surface area contributed by atoms with Gasteiger partial charge in [-0.05, 0) is 50.7 Å². The van der Waals surface area contributed by atoms with Crippen molar-refractivity contribution in [3.8, 4) is 0 Å². The van der Waals surface area contributed by atoms with Crippen LogP contribution in [-0.2, 0) is 0 Å². The molecule has 0 nitrogen and oxygen atoms in total. The van der Waals surface area contributed by atoms with Crippen LogP contribution in [0.5, 0.6) is 0 Å². The summed E-state index contributed by atoms with van der Waals surface area (Å²) in [6.45, 7) is 6.13. The van der Waals surface area contributed by atoms with Gasteiger partial charge >= 0.3 is 0 Å². The topological polar surface area (TPSA) is 0 Å². The molecule has 0 saturated carbocycles. The highest BCUT2D eigenvalue weighted by Crippen LogP contribution is 2.29. The van der Waals surface area contributed by atoms with Crippen LogP contribution in [0.2, 0.25) is 0 Å². The number of alkyl halides is 3. The van der Waals surface area contributed by atoms with Crippen molar-refractivity contribution < 1.29 is 0 Å². The van der Waals surface area contributed by atoms with Crippen molar-refractivity contribution in [1.29, 1.82) is 0 Å². The van der Waals surface area contributed by atoms with E-state index in [1.54, 1.807) is 6.08 Å². The first-order chi connectivity index (χ1) is 5.81. The Morgan fingerprint density at radius 3 is 2.00 bits per heavy atom. The maximum absolute atomic E-state index is 5.61. The molecule has 0 amide bonds. The molecule has 0 rings (SSSR count). The van der Waals surface area contributed by atoms with E-state index in [0.717, 1.165) is 18.4 Å². The van der Waals surface area contributed by atoms with Crippen LogP contribution in [0.15, 0.2) is 23.3 Å². The molecule has 0 unspecified atom stereocenters. The van der Waals surface area contributed by atoms with Crippen molar-refractivity contribution in [1.82, 2.24) is 0 Å². The van der Waals surface area contributed by atoms with Crippen LogP contribution in [-0.4, -0.2) is 14.8 Å². The third kappa shape index (κ3) is 12.6. The molecule has 84 valence electrons. The fourth-order valence-corrected chi connectivity index (χ4v) is 1.50. The molecule has 4 heteroatoms. The molecule has 14 heavy (non-hydrogen) atoms. The van der Waals surface area contributed by atoms with Crippen LogP contribution in [0.25, 0.3) is 0 Å². The van der Waals surface area contributed by atoms with Crippen LogP contribution in [0.3, 0.4) is 0 Å². The van der Waals surface area contributed by atoms with E-state index in [2.05, 4.69) is 19.9 Å². The van der Waals surface area contributed by atoms with Gasteiger partial charge in [0.1, 0.15) is 0 Å². The highest BCUT2D eigenvalue weighted by atomic mass is 35.6. The molecule has 0 bridgehead atoms. The van der Waals surface area contributed by atoms with Crippen LogP contribution in [0, 0.1) is 0 Å². The first kappa shape index (κ1) is 17.0. The Bertz CT molecular complexity index is 210. The fourth-order valence-electron chi connectivity index (χ4n) is 0.940. The standard InChI is InChI=1S/C10H15Cl3.H4Si/c1-8(2)5-4-6-9(3)7-10(11,12)13;/h5,7H,4,6H2,1-3H3;1H4/b9-7+;. The van der Waals surface area contributed by atoms with Crippen LogP contribution >= 0.6 is 34.8 Å². The Kier molecular flexibility index (Phi) is 9.47. The number of hydrogen-bond acceptors (Lipinski definition) is 0. The molecule has 0 N–H and O–H groups in total. The zero-order chi connectivity index (χ0) is 10.5. The lowest BCUT2D eigenvalue weighted by atomic mass is 10.1. The summed E-state index contributed by atoms with van der Waals surface area (Å²) in [6.07, 6.45) is 5.79. The third-order valence-electron chi connectivity index (χ3n) is 1.50. The maximum atomic E-state index is 5.61. The Labute approximate surface area is 106 Å². The normalized spacial score (nSPS) is 12.0. The summed E-state index contributed by atoms with van der Waals surface area (Å²) in [5.74, 6) is 0. The molecule has 0 fully saturated rings. The summed E-state index contributed by atoms with van der Waals surface area (Å²) in [6, 6.07) is 0. The van der Waals surface area contributed by atoms with Gasteiger partial charge in [0.2, 0.25) is 3.79 Å². The van der Waals surface area contributed by atoms with Crippen molar-refractivity contribution in [2.45, 2.75) is 37.4 Å². The molecule has 0 aliphatic carbocycles. The zero-order valence-electron chi connectivity index (χ0n) is 8.20. The van der Waals surface area contributed by atoms with Gasteiger partial charge in [-0.2, -0.15) is 0 Å². The van der Waals surface area contributed by atoms with E-state index in [1.807, 2.05) is 6.92 Å². The second kappa shape index (κ2) is 7.81. The summed E-state index contributed by atoms with van der Waals surface area (Å²) < 4.78 is -1.25. The summed E-state index contributed by atoms with van der Waals surface area (Å²) in [7, 11) is 0.